The molecule has 0 atom stereocenters. The predicted molar refractivity (Wildman–Crippen MR) is 71.6 cm³/mol. The number of carbonyl (C=O) groups excluding carboxylic acids is 1. The van der Waals surface area contributed by atoms with Crippen LogP contribution in [0.5, 0.6) is 5.88 Å². The van der Waals surface area contributed by atoms with Gasteiger partial charge in [0.25, 0.3) is 5.91 Å². The second-order valence-corrected chi connectivity index (χ2v) is 3.75. The zero-order valence-corrected chi connectivity index (χ0v) is 10.9. The van der Waals surface area contributed by atoms with E-state index in [0.717, 1.165) is 0 Å². The van der Waals surface area contributed by atoms with Crippen LogP contribution in [0.4, 0.5) is 5.95 Å². The van der Waals surface area contributed by atoms with Crippen LogP contribution in [0.25, 0.3) is 0 Å². The van der Waals surface area contributed by atoms with Gasteiger partial charge in [-0.15, -0.1) is 0 Å². The van der Waals surface area contributed by atoms with Gasteiger partial charge in [-0.1, -0.05) is 0 Å². The molecule has 2 aromatic heterocycles. The van der Waals surface area contributed by atoms with Crippen LogP contribution in [-0.2, 0) is 4.74 Å². The maximum atomic E-state index is 12.0. The van der Waals surface area contributed by atoms with Crippen molar-refractivity contribution in [2.75, 3.05) is 25.6 Å². The van der Waals surface area contributed by atoms with E-state index in [0.29, 0.717) is 24.7 Å². The van der Waals surface area contributed by atoms with Crippen LogP contribution in [0, 0.1) is 0 Å². The second kappa shape index (κ2) is 7.15. The normalized spacial score (nSPS) is 10.1. The first kappa shape index (κ1) is 13.9. The van der Waals surface area contributed by atoms with Crippen molar-refractivity contribution in [2.24, 2.45) is 0 Å². The third kappa shape index (κ3) is 3.99. The number of nitrogens with one attached hydrogen (secondary N) is 1. The Morgan fingerprint density at radius 3 is 2.75 bits per heavy atom. The number of anilines is 1. The molecule has 0 aromatic carbocycles. The lowest BCUT2D eigenvalue weighted by atomic mass is 10.2. The Bertz CT molecular complexity index is 563. The molecule has 0 saturated carbocycles. The summed E-state index contributed by atoms with van der Waals surface area (Å²) in [6, 6.07) is 4.80. The Labute approximate surface area is 116 Å². The Balaban J connectivity index is 2.01. The van der Waals surface area contributed by atoms with E-state index in [1.54, 1.807) is 37.7 Å². The van der Waals surface area contributed by atoms with E-state index in [1.165, 1.54) is 6.20 Å². The molecule has 0 spiro atoms. The molecule has 2 heterocycles. The maximum absolute atomic E-state index is 12.0. The number of hydrogen-bond donors (Lipinski definition) is 1. The summed E-state index contributed by atoms with van der Waals surface area (Å²) in [6.07, 6.45) is 4.60. The molecule has 0 aliphatic carbocycles. The molecular formula is C13H14N4O3. The molecule has 2 aromatic rings. The quantitative estimate of drug-likeness (QED) is 0.795. The van der Waals surface area contributed by atoms with Gasteiger partial charge in [-0.25, -0.2) is 15.0 Å². The van der Waals surface area contributed by atoms with Crippen LogP contribution in [-0.4, -0.2) is 41.2 Å². The van der Waals surface area contributed by atoms with Gasteiger partial charge in [-0.2, -0.15) is 0 Å². The molecule has 0 aliphatic rings. The lowest BCUT2D eigenvalue weighted by Gasteiger charge is -2.06. The maximum Gasteiger partial charge on any atom is 0.258 e. The van der Waals surface area contributed by atoms with Crippen molar-refractivity contribution in [1.82, 2.24) is 15.0 Å². The van der Waals surface area contributed by atoms with Gasteiger partial charge < -0.3 is 9.47 Å². The van der Waals surface area contributed by atoms with Crippen molar-refractivity contribution < 1.29 is 14.3 Å². The molecule has 0 bridgehead atoms. The highest BCUT2D eigenvalue weighted by Gasteiger charge is 2.09. The smallest absolute Gasteiger partial charge is 0.258 e. The minimum atomic E-state index is -0.324. The van der Waals surface area contributed by atoms with Crippen molar-refractivity contribution in [3.8, 4) is 5.88 Å². The molecule has 0 aliphatic heterocycles. The van der Waals surface area contributed by atoms with E-state index >= 15 is 0 Å². The first-order valence-corrected chi connectivity index (χ1v) is 5.96. The fourth-order valence-electron chi connectivity index (χ4n) is 1.40. The second-order valence-electron chi connectivity index (χ2n) is 3.75. The van der Waals surface area contributed by atoms with Gasteiger partial charge >= 0.3 is 0 Å². The molecule has 104 valence electrons. The molecule has 20 heavy (non-hydrogen) atoms. The monoisotopic (exact) mass is 274 g/mol. The minimum Gasteiger partial charge on any atom is -0.475 e. The van der Waals surface area contributed by atoms with Crippen LogP contribution < -0.4 is 10.1 Å². The van der Waals surface area contributed by atoms with Crippen molar-refractivity contribution in [2.45, 2.75) is 0 Å². The van der Waals surface area contributed by atoms with Gasteiger partial charge in [0.2, 0.25) is 11.8 Å². The molecular weight excluding hydrogens is 260 g/mol. The molecule has 1 N–H and O–H groups in total. The highest BCUT2D eigenvalue weighted by molar-refractivity contribution is 6.03. The van der Waals surface area contributed by atoms with Crippen molar-refractivity contribution in [3.63, 3.8) is 0 Å². The van der Waals surface area contributed by atoms with Crippen LogP contribution in [0.15, 0.2) is 36.8 Å². The highest BCUT2D eigenvalue weighted by atomic mass is 16.5. The fraction of sp³-hybridized carbons (Fsp3) is 0.231. The number of aromatic nitrogens is 3. The van der Waals surface area contributed by atoms with Gasteiger partial charge in [0.05, 0.1) is 6.61 Å². The Hall–Kier alpha value is -2.54. The number of rotatable bonds is 6. The van der Waals surface area contributed by atoms with Gasteiger partial charge in [-0.05, 0) is 12.1 Å². The van der Waals surface area contributed by atoms with Crippen molar-refractivity contribution in [1.29, 1.82) is 0 Å². The minimum absolute atomic E-state index is 0.246. The average Bonchev–Trinajstić information content (AvgIpc) is 2.49. The van der Waals surface area contributed by atoms with Crippen LogP contribution in [0.3, 0.4) is 0 Å². The first-order chi connectivity index (χ1) is 9.79. The average molecular weight is 274 g/mol. The standard InChI is InChI=1S/C13H14N4O3/c1-19-7-8-20-11-9-10(3-6-14-11)12(18)17-13-15-4-2-5-16-13/h2-6,9H,7-8H2,1H3,(H,15,16,17,18). The third-order valence-electron chi connectivity index (χ3n) is 2.33. The molecule has 0 radical (unpaired) electrons. The van der Waals surface area contributed by atoms with Crippen LogP contribution in [0.1, 0.15) is 10.4 Å². The SMILES string of the molecule is COCCOc1cc(C(=O)Nc2ncccn2)ccn1. The van der Waals surface area contributed by atoms with Crippen molar-refractivity contribution >= 4 is 11.9 Å². The fourth-order valence-corrected chi connectivity index (χ4v) is 1.40. The van der Waals surface area contributed by atoms with Gasteiger partial charge in [0, 0.05) is 37.3 Å². The van der Waals surface area contributed by atoms with E-state index in [1.807, 2.05) is 0 Å². The van der Waals surface area contributed by atoms with Crippen LogP contribution >= 0.6 is 0 Å². The zero-order valence-electron chi connectivity index (χ0n) is 10.9. The molecule has 7 heteroatoms. The molecule has 1 amide bonds. The number of hydrogen-bond acceptors (Lipinski definition) is 6. The number of ether oxygens (including phenoxy) is 2. The van der Waals surface area contributed by atoms with Gasteiger partial charge in [0.1, 0.15) is 6.61 Å². The van der Waals surface area contributed by atoms with E-state index in [4.69, 9.17) is 9.47 Å². The largest absolute Gasteiger partial charge is 0.475 e. The number of pyridine rings is 1. The molecule has 7 nitrogen and oxygen atoms in total. The summed E-state index contributed by atoms with van der Waals surface area (Å²) in [6.45, 7) is 0.826. The van der Waals surface area contributed by atoms with E-state index in [2.05, 4.69) is 20.3 Å². The number of carbonyl (C=O) groups is 1. The van der Waals surface area contributed by atoms with E-state index in [9.17, 15) is 4.79 Å². The third-order valence-corrected chi connectivity index (χ3v) is 2.33. The number of amides is 1. The zero-order chi connectivity index (χ0) is 14.2. The lowest BCUT2D eigenvalue weighted by Crippen LogP contribution is -2.14. The molecule has 0 fully saturated rings. The summed E-state index contributed by atoms with van der Waals surface area (Å²) in [7, 11) is 1.58. The van der Waals surface area contributed by atoms with Gasteiger partial charge in [0.15, 0.2) is 0 Å². The summed E-state index contributed by atoms with van der Waals surface area (Å²) in [4.78, 5) is 23.9. The molecule has 0 saturated heterocycles. The van der Waals surface area contributed by atoms with Gasteiger partial charge in [-0.3, -0.25) is 10.1 Å². The lowest BCUT2D eigenvalue weighted by molar-refractivity contribution is 0.102. The molecule has 0 unspecified atom stereocenters. The number of methoxy groups -OCH3 is 1. The Morgan fingerprint density at radius 1 is 1.20 bits per heavy atom. The summed E-state index contributed by atoms with van der Waals surface area (Å²) in [5, 5.41) is 2.58. The number of nitrogens with zero attached hydrogens (tertiary/aromatic N) is 3. The van der Waals surface area contributed by atoms with E-state index < -0.39 is 0 Å². The summed E-state index contributed by atoms with van der Waals surface area (Å²) in [5.74, 6) is 0.287. The summed E-state index contributed by atoms with van der Waals surface area (Å²) < 4.78 is 10.2. The highest BCUT2D eigenvalue weighted by Crippen LogP contribution is 2.10. The Morgan fingerprint density at radius 2 is 2.00 bits per heavy atom. The summed E-state index contributed by atoms with van der Waals surface area (Å²) >= 11 is 0. The first-order valence-electron chi connectivity index (χ1n) is 5.96. The van der Waals surface area contributed by atoms with Crippen LogP contribution in [0.2, 0.25) is 0 Å². The van der Waals surface area contributed by atoms with E-state index in [-0.39, 0.29) is 11.9 Å². The van der Waals surface area contributed by atoms with Crippen molar-refractivity contribution in [3.05, 3.63) is 42.4 Å². The predicted octanol–water partition coefficient (Wildman–Crippen LogP) is 1.15. The summed E-state index contributed by atoms with van der Waals surface area (Å²) in [5.41, 5.74) is 0.417. The Kier molecular flexibility index (Phi) is 4.96. The topological polar surface area (TPSA) is 86.2 Å². The molecule has 2 rings (SSSR count).